The molecule has 0 amide bonds. The van der Waals surface area contributed by atoms with Gasteiger partial charge in [0.05, 0.1) is 11.7 Å². The number of hydrazine groups is 1. The Kier molecular flexibility index (Phi) is 3.61. The van der Waals surface area contributed by atoms with Crippen molar-refractivity contribution >= 4 is 15.9 Å². The summed E-state index contributed by atoms with van der Waals surface area (Å²) in [4.78, 5) is 0. The van der Waals surface area contributed by atoms with Crippen molar-refractivity contribution in [2.75, 3.05) is 0 Å². The second kappa shape index (κ2) is 5.00. The molecule has 17 heavy (non-hydrogen) atoms. The zero-order valence-corrected chi connectivity index (χ0v) is 11.4. The van der Waals surface area contributed by atoms with Gasteiger partial charge in [0, 0.05) is 17.7 Å². The quantitative estimate of drug-likeness (QED) is 0.673. The van der Waals surface area contributed by atoms with Gasteiger partial charge in [0.2, 0.25) is 0 Å². The van der Waals surface area contributed by atoms with Crippen LogP contribution in [0.2, 0.25) is 0 Å². The fourth-order valence-electron chi connectivity index (χ4n) is 1.92. The van der Waals surface area contributed by atoms with Crippen molar-refractivity contribution in [1.29, 1.82) is 0 Å². The van der Waals surface area contributed by atoms with Crippen LogP contribution in [0.5, 0.6) is 0 Å². The van der Waals surface area contributed by atoms with E-state index in [1.54, 1.807) is 6.20 Å². The van der Waals surface area contributed by atoms with Crippen LogP contribution in [0.15, 0.2) is 34.9 Å². The minimum Gasteiger partial charge on any atom is -0.271 e. The number of aromatic nitrogens is 2. The molecule has 0 fully saturated rings. The Morgan fingerprint density at radius 1 is 1.41 bits per heavy atom. The first-order chi connectivity index (χ1) is 8.13. The SMILES string of the molecule is Cc1ccc(Br)cc1C(NN)c1ccnn1C. The lowest BCUT2D eigenvalue weighted by Crippen LogP contribution is -2.30. The number of hydrogen-bond donors (Lipinski definition) is 2. The van der Waals surface area contributed by atoms with Crippen LogP contribution in [-0.4, -0.2) is 9.78 Å². The summed E-state index contributed by atoms with van der Waals surface area (Å²) < 4.78 is 2.87. The van der Waals surface area contributed by atoms with Crippen LogP contribution in [0.25, 0.3) is 0 Å². The normalized spacial score (nSPS) is 12.7. The van der Waals surface area contributed by atoms with Crippen molar-refractivity contribution in [2.45, 2.75) is 13.0 Å². The largest absolute Gasteiger partial charge is 0.271 e. The molecule has 3 N–H and O–H groups in total. The second-order valence-corrected chi connectivity index (χ2v) is 4.90. The molecule has 2 rings (SSSR count). The molecule has 0 bridgehead atoms. The molecular weight excluding hydrogens is 280 g/mol. The van der Waals surface area contributed by atoms with E-state index in [9.17, 15) is 0 Å². The molecule has 1 aromatic heterocycles. The van der Waals surface area contributed by atoms with E-state index in [-0.39, 0.29) is 6.04 Å². The average molecular weight is 295 g/mol. The summed E-state index contributed by atoms with van der Waals surface area (Å²) in [7, 11) is 1.91. The lowest BCUT2D eigenvalue weighted by molar-refractivity contribution is 0.573. The minimum atomic E-state index is -0.0556. The Bertz CT molecular complexity index is 521. The van der Waals surface area contributed by atoms with Crippen LogP contribution in [-0.2, 0) is 7.05 Å². The molecule has 4 nitrogen and oxygen atoms in total. The van der Waals surface area contributed by atoms with Gasteiger partial charge in [0.15, 0.2) is 0 Å². The van der Waals surface area contributed by atoms with E-state index in [1.165, 1.54) is 5.56 Å². The number of aryl methyl sites for hydroxylation is 2. The Morgan fingerprint density at radius 2 is 2.18 bits per heavy atom. The number of hydrogen-bond acceptors (Lipinski definition) is 3. The van der Waals surface area contributed by atoms with Crippen LogP contribution >= 0.6 is 15.9 Å². The van der Waals surface area contributed by atoms with Gasteiger partial charge in [-0.25, -0.2) is 5.43 Å². The molecule has 1 heterocycles. The second-order valence-electron chi connectivity index (χ2n) is 3.98. The Morgan fingerprint density at radius 3 is 2.76 bits per heavy atom. The first-order valence-corrected chi connectivity index (χ1v) is 6.13. The Labute approximate surface area is 109 Å². The predicted molar refractivity (Wildman–Crippen MR) is 71.3 cm³/mol. The van der Waals surface area contributed by atoms with Gasteiger partial charge in [-0.1, -0.05) is 22.0 Å². The van der Waals surface area contributed by atoms with E-state index in [4.69, 9.17) is 5.84 Å². The number of nitrogens with zero attached hydrogens (tertiary/aromatic N) is 2. The zero-order chi connectivity index (χ0) is 12.4. The van der Waals surface area contributed by atoms with E-state index < -0.39 is 0 Å². The lowest BCUT2D eigenvalue weighted by atomic mass is 9.99. The van der Waals surface area contributed by atoms with E-state index in [0.29, 0.717) is 0 Å². The number of nitrogens with two attached hydrogens (primary N) is 1. The van der Waals surface area contributed by atoms with Gasteiger partial charge in [0.25, 0.3) is 0 Å². The van der Waals surface area contributed by atoms with Crippen molar-refractivity contribution in [3.63, 3.8) is 0 Å². The zero-order valence-electron chi connectivity index (χ0n) is 9.81. The lowest BCUT2D eigenvalue weighted by Gasteiger charge is -2.19. The highest BCUT2D eigenvalue weighted by molar-refractivity contribution is 9.10. The molecule has 1 atom stereocenters. The molecule has 0 saturated carbocycles. The van der Waals surface area contributed by atoms with Crippen LogP contribution < -0.4 is 11.3 Å². The smallest absolute Gasteiger partial charge is 0.0881 e. The van der Waals surface area contributed by atoms with Gasteiger partial charge in [0.1, 0.15) is 0 Å². The summed E-state index contributed by atoms with van der Waals surface area (Å²) in [5.41, 5.74) is 6.22. The highest BCUT2D eigenvalue weighted by atomic mass is 79.9. The number of rotatable bonds is 3. The van der Waals surface area contributed by atoms with Crippen LogP contribution in [0, 0.1) is 6.92 Å². The topological polar surface area (TPSA) is 55.9 Å². The first-order valence-electron chi connectivity index (χ1n) is 5.33. The standard InChI is InChI=1S/C12H15BrN4/c1-8-3-4-9(13)7-10(8)12(16-14)11-5-6-15-17(11)2/h3-7,12,16H,14H2,1-2H3. The molecule has 5 heteroatoms. The van der Waals surface area contributed by atoms with Crippen molar-refractivity contribution in [2.24, 2.45) is 12.9 Å². The third kappa shape index (κ3) is 2.41. The van der Waals surface area contributed by atoms with Gasteiger partial charge in [-0.3, -0.25) is 10.5 Å². The van der Waals surface area contributed by atoms with Gasteiger partial charge < -0.3 is 0 Å². The summed E-state index contributed by atoms with van der Waals surface area (Å²) in [5, 5.41) is 4.17. The monoisotopic (exact) mass is 294 g/mol. The van der Waals surface area contributed by atoms with E-state index in [0.717, 1.165) is 15.7 Å². The van der Waals surface area contributed by atoms with Gasteiger partial charge in [-0.05, 0) is 36.2 Å². The van der Waals surface area contributed by atoms with Gasteiger partial charge >= 0.3 is 0 Å². The number of nitrogens with one attached hydrogen (secondary N) is 1. The third-order valence-electron chi connectivity index (χ3n) is 2.87. The molecule has 0 spiro atoms. The maximum absolute atomic E-state index is 5.68. The molecule has 0 radical (unpaired) electrons. The summed E-state index contributed by atoms with van der Waals surface area (Å²) >= 11 is 3.48. The molecule has 1 aromatic carbocycles. The van der Waals surface area contributed by atoms with Crippen molar-refractivity contribution < 1.29 is 0 Å². The molecule has 0 saturated heterocycles. The van der Waals surface area contributed by atoms with Gasteiger partial charge in [-0.2, -0.15) is 5.10 Å². The van der Waals surface area contributed by atoms with Crippen LogP contribution in [0.4, 0.5) is 0 Å². The number of halogens is 1. The molecule has 2 aromatic rings. The first kappa shape index (κ1) is 12.3. The molecule has 0 aliphatic heterocycles. The molecule has 1 unspecified atom stereocenters. The average Bonchev–Trinajstić information content (AvgIpc) is 2.71. The Hall–Kier alpha value is -1.17. The fourth-order valence-corrected chi connectivity index (χ4v) is 2.30. The van der Waals surface area contributed by atoms with Crippen molar-refractivity contribution in [3.8, 4) is 0 Å². The Balaban J connectivity index is 2.49. The van der Waals surface area contributed by atoms with Crippen molar-refractivity contribution in [1.82, 2.24) is 15.2 Å². The maximum Gasteiger partial charge on any atom is 0.0881 e. The molecular formula is C12H15BrN4. The van der Waals surface area contributed by atoms with Crippen LogP contribution in [0.1, 0.15) is 22.9 Å². The molecule has 0 aliphatic rings. The predicted octanol–water partition coefficient (Wildman–Crippen LogP) is 2.04. The summed E-state index contributed by atoms with van der Waals surface area (Å²) in [5.74, 6) is 5.68. The highest BCUT2D eigenvalue weighted by Gasteiger charge is 2.17. The molecule has 0 aliphatic carbocycles. The van der Waals surface area contributed by atoms with E-state index in [1.807, 2.05) is 23.9 Å². The highest BCUT2D eigenvalue weighted by Crippen LogP contribution is 2.26. The third-order valence-corrected chi connectivity index (χ3v) is 3.37. The minimum absolute atomic E-state index is 0.0556. The van der Waals surface area contributed by atoms with E-state index in [2.05, 4.69) is 45.5 Å². The van der Waals surface area contributed by atoms with E-state index >= 15 is 0 Å². The summed E-state index contributed by atoms with van der Waals surface area (Å²) in [6, 6.07) is 8.08. The summed E-state index contributed by atoms with van der Waals surface area (Å²) in [6.45, 7) is 2.07. The van der Waals surface area contributed by atoms with Crippen LogP contribution in [0.3, 0.4) is 0 Å². The fraction of sp³-hybridized carbons (Fsp3) is 0.250. The molecule has 90 valence electrons. The van der Waals surface area contributed by atoms with Gasteiger partial charge in [-0.15, -0.1) is 0 Å². The number of benzene rings is 1. The summed E-state index contributed by atoms with van der Waals surface area (Å²) in [6.07, 6.45) is 1.77. The maximum atomic E-state index is 5.68. The van der Waals surface area contributed by atoms with Crippen molar-refractivity contribution in [3.05, 3.63) is 51.8 Å².